The summed E-state index contributed by atoms with van der Waals surface area (Å²) >= 11 is 1.49. The van der Waals surface area contributed by atoms with E-state index in [9.17, 15) is 47.4 Å². The van der Waals surface area contributed by atoms with Crippen molar-refractivity contribution in [1.29, 1.82) is 0 Å². The number of nitrogens with zero attached hydrogens (tertiary/aromatic N) is 4. The van der Waals surface area contributed by atoms with Crippen molar-refractivity contribution in [3.8, 4) is 16.2 Å². The summed E-state index contributed by atoms with van der Waals surface area (Å²) < 4.78 is 46.8. The van der Waals surface area contributed by atoms with Crippen molar-refractivity contribution in [3.05, 3.63) is 70.4 Å². The number of hydrogen-bond donors (Lipinski definition) is 4. The third-order valence-corrected chi connectivity index (χ3v) is 11.4. The number of amides is 4. The molecule has 0 radical (unpaired) electrons. The summed E-state index contributed by atoms with van der Waals surface area (Å²) in [4.78, 5) is 74.7. The molecule has 5 N–H and O–H groups in total. The predicted molar refractivity (Wildman–Crippen MR) is 196 cm³/mol. The lowest BCUT2D eigenvalue weighted by molar-refractivity contribution is -0.171. The number of halogens is 3. The summed E-state index contributed by atoms with van der Waals surface area (Å²) in [5.74, 6) is -4.88. The lowest BCUT2D eigenvalue weighted by Gasteiger charge is -2.34. The molecule has 1 aromatic heterocycles. The van der Waals surface area contributed by atoms with Gasteiger partial charge in [-0.1, -0.05) is 44.2 Å². The number of aliphatic hydroxyl groups is 1. The molecule has 300 valence electrons. The second kappa shape index (κ2) is 15.5. The zero-order chi connectivity index (χ0) is 40.9. The Morgan fingerprint density at radius 1 is 1.09 bits per heavy atom. The minimum absolute atomic E-state index is 0.0297. The van der Waals surface area contributed by atoms with Crippen LogP contribution >= 0.6 is 11.3 Å². The number of hydrogen-bond acceptors (Lipinski definition) is 10. The maximum absolute atomic E-state index is 13.8. The second-order valence-corrected chi connectivity index (χ2v) is 16.0. The molecule has 2 unspecified atom stereocenters. The minimum atomic E-state index is -5.06. The Labute approximate surface area is 324 Å². The number of fused-ring (bicyclic) bond motifs is 1. The standard InChI is InChI=1S/C38H43F3N6O8S/c1-19(2)29(34(50)47-17-37(4,54)13-28(47)36(52)53)46-15-23-9-10-24(11-26(23)33(46)49)55-25-12-27(45(16-25)35(51)31(42)38(39,40)41)32(48)43-14-21-5-7-22(8-6-21)30-20(3)44-18-56-30/h5-11,18-19,25,27-29,31,54H,12-17,42H2,1-4H3,(H,43,48)(H,52,53)/t25-,27?,28+,29+,31?,37-/m1/s1. The van der Waals surface area contributed by atoms with E-state index in [0.29, 0.717) is 11.1 Å². The predicted octanol–water partition coefficient (Wildman–Crippen LogP) is 3.09. The molecule has 3 aliphatic heterocycles. The van der Waals surface area contributed by atoms with Gasteiger partial charge in [0.1, 0.15) is 30.0 Å². The summed E-state index contributed by atoms with van der Waals surface area (Å²) in [5.41, 5.74) is 8.89. The number of β-amino-alcohol motifs (C(OH)–C–C–N with tert-alkyl or cyclic N) is 1. The molecule has 0 bridgehead atoms. The van der Waals surface area contributed by atoms with E-state index in [-0.39, 0.29) is 43.8 Å². The zero-order valence-corrected chi connectivity index (χ0v) is 31.9. The van der Waals surface area contributed by atoms with E-state index in [0.717, 1.165) is 25.9 Å². The number of carbonyl (C=O) groups excluding carboxylic acids is 4. The third kappa shape index (κ3) is 8.22. The van der Waals surface area contributed by atoms with Crippen LogP contribution in [0.1, 0.15) is 60.8 Å². The molecule has 56 heavy (non-hydrogen) atoms. The van der Waals surface area contributed by atoms with Crippen molar-refractivity contribution in [2.45, 2.75) is 95.7 Å². The van der Waals surface area contributed by atoms with Crippen molar-refractivity contribution in [2.24, 2.45) is 11.7 Å². The van der Waals surface area contributed by atoms with Gasteiger partial charge in [0.2, 0.25) is 17.7 Å². The van der Waals surface area contributed by atoms with Crippen LogP contribution in [0.5, 0.6) is 5.75 Å². The molecule has 0 saturated carbocycles. The number of aromatic nitrogens is 1. The zero-order valence-electron chi connectivity index (χ0n) is 31.1. The van der Waals surface area contributed by atoms with E-state index in [4.69, 9.17) is 10.5 Å². The van der Waals surface area contributed by atoms with Crippen LogP contribution in [0.15, 0.2) is 48.0 Å². The van der Waals surface area contributed by atoms with Crippen LogP contribution in [-0.4, -0.2) is 115 Å². The van der Waals surface area contributed by atoms with Gasteiger partial charge in [-0.2, -0.15) is 13.2 Å². The number of rotatable bonds is 11. The number of carbonyl (C=O) groups is 5. The number of nitrogens with two attached hydrogens (primary N) is 1. The lowest BCUT2D eigenvalue weighted by Crippen LogP contribution is -2.55. The summed E-state index contributed by atoms with van der Waals surface area (Å²) in [6.45, 7) is 6.25. The highest BCUT2D eigenvalue weighted by atomic mass is 32.1. The lowest BCUT2D eigenvalue weighted by atomic mass is 10.0. The van der Waals surface area contributed by atoms with Crippen molar-refractivity contribution < 1.29 is 52.1 Å². The molecule has 0 aliphatic carbocycles. The van der Waals surface area contributed by atoms with E-state index < -0.39 is 84.1 Å². The normalized spacial score (nSPS) is 23.4. The maximum Gasteiger partial charge on any atom is 0.412 e. The van der Waals surface area contributed by atoms with Crippen molar-refractivity contribution >= 4 is 40.9 Å². The maximum atomic E-state index is 13.8. The fourth-order valence-corrected chi connectivity index (χ4v) is 8.43. The number of aryl methyl sites for hydroxylation is 1. The Hall–Kier alpha value is -5.07. The Balaban J connectivity index is 1.16. The molecule has 2 fully saturated rings. The highest BCUT2D eigenvalue weighted by Crippen LogP contribution is 2.35. The number of carboxylic acid groups (broad SMARTS) is 1. The summed E-state index contributed by atoms with van der Waals surface area (Å²) in [6, 6.07) is 5.39. The number of benzene rings is 2. The van der Waals surface area contributed by atoms with Gasteiger partial charge in [-0.15, -0.1) is 11.3 Å². The van der Waals surface area contributed by atoms with Crippen molar-refractivity contribution in [1.82, 2.24) is 25.0 Å². The monoisotopic (exact) mass is 800 g/mol. The Bertz CT molecular complexity index is 2020. The highest BCUT2D eigenvalue weighted by molar-refractivity contribution is 7.13. The van der Waals surface area contributed by atoms with E-state index in [1.165, 1.54) is 29.2 Å². The molecule has 2 saturated heterocycles. The van der Waals surface area contributed by atoms with Crippen LogP contribution in [0.4, 0.5) is 13.2 Å². The Kier molecular flexibility index (Phi) is 11.2. The molecule has 3 aliphatic rings. The average molecular weight is 801 g/mol. The first kappa shape index (κ1) is 40.6. The molecular weight excluding hydrogens is 758 g/mol. The van der Waals surface area contributed by atoms with Gasteiger partial charge in [0.05, 0.1) is 34.8 Å². The van der Waals surface area contributed by atoms with Gasteiger partial charge in [-0.25, -0.2) is 9.78 Å². The van der Waals surface area contributed by atoms with Gasteiger partial charge in [-0.3, -0.25) is 19.2 Å². The van der Waals surface area contributed by atoms with E-state index in [1.807, 2.05) is 19.1 Å². The van der Waals surface area contributed by atoms with Crippen LogP contribution in [0, 0.1) is 12.8 Å². The largest absolute Gasteiger partial charge is 0.488 e. The second-order valence-electron chi connectivity index (χ2n) is 15.1. The van der Waals surface area contributed by atoms with Crippen LogP contribution in [0.2, 0.25) is 0 Å². The Morgan fingerprint density at radius 2 is 1.79 bits per heavy atom. The molecule has 3 aromatic rings. The van der Waals surface area contributed by atoms with Gasteiger partial charge in [0.25, 0.3) is 5.91 Å². The van der Waals surface area contributed by atoms with Crippen LogP contribution < -0.4 is 15.8 Å². The number of ether oxygens (including phenoxy) is 1. The third-order valence-electron chi connectivity index (χ3n) is 10.4. The van der Waals surface area contributed by atoms with E-state index >= 15 is 0 Å². The van der Waals surface area contributed by atoms with Crippen LogP contribution in [-0.2, 0) is 32.3 Å². The van der Waals surface area contributed by atoms with Crippen molar-refractivity contribution in [2.75, 3.05) is 13.1 Å². The molecule has 14 nitrogen and oxygen atoms in total. The Morgan fingerprint density at radius 3 is 2.39 bits per heavy atom. The first-order chi connectivity index (χ1) is 26.3. The molecule has 4 heterocycles. The summed E-state index contributed by atoms with van der Waals surface area (Å²) in [5, 5.41) is 23.1. The number of likely N-dealkylation sites (tertiary alicyclic amines) is 2. The highest BCUT2D eigenvalue weighted by Gasteiger charge is 2.51. The van der Waals surface area contributed by atoms with E-state index in [1.54, 1.807) is 43.6 Å². The molecular formula is C38H43F3N6O8S. The summed E-state index contributed by atoms with van der Waals surface area (Å²) in [7, 11) is 0. The number of thiazole rings is 1. The first-order valence-corrected chi connectivity index (χ1v) is 18.9. The molecule has 0 spiro atoms. The molecule has 4 amide bonds. The van der Waals surface area contributed by atoms with Gasteiger partial charge >= 0.3 is 12.1 Å². The number of carboxylic acids is 1. The van der Waals surface area contributed by atoms with Crippen LogP contribution in [0.25, 0.3) is 10.4 Å². The van der Waals surface area contributed by atoms with E-state index in [2.05, 4.69) is 10.3 Å². The minimum Gasteiger partial charge on any atom is -0.488 e. The number of nitrogens with one attached hydrogen (secondary N) is 1. The quantitative estimate of drug-likeness (QED) is 0.224. The molecule has 6 rings (SSSR count). The fourth-order valence-electron chi connectivity index (χ4n) is 7.62. The number of alkyl halides is 3. The SMILES string of the molecule is Cc1ncsc1-c1ccc(CNC(=O)C2C[C@@H](Oc3ccc4c(c3)C(=O)N([C@H](C(=O)N3C[C@](C)(O)C[C@H]3C(=O)O)C(C)C)C4)CN2C(=O)C(N)C(F)(F)F)cc1. The van der Waals surface area contributed by atoms with Gasteiger partial charge in [-0.05, 0) is 48.6 Å². The van der Waals surface area contributed by atoms with Crippen LogP contribution in [0.3, 0.4) is 0 Å². The summed E-state index contributed by atoms with van der Waals surface area (Å²) in [6.07, 6.45) is -6.34. The average Bonchev–Trinajstić information content (AvgIpc) is 3.91. The topological polar surface area (TPSA) is 196 Å². The smallest absolute Gasteiger partial charge is 0.412 e. The molecule has 18 heteroatoms. The molecule has 2 aromatic carbocycles. The van der Waals surface area contributed by atoms with Gasteiger partial charge in [0.15, 0.2) is 6.04 Å². The van der Waals surface area contributed by atoms with Gasteiger partial charge < -0.3 is 40.7 Å². The first-order valence-electron chi connectivity index (χ1n) is 18.0. The fraction of sp³-hybridized carbons (Fsp3) is 0.474. The van der Waals surface area contributed by atoms with Crippen molar-refractivity contribution in [3.63, 3.8) is 0 Å². The molecule has 6 atom stereocenters. The van der Waals surface area contributed by atoms with Gasteiger partial charge in [0, 0.05) is 31.5 Å². The number of aliphatic carboxylic acids is 1.